The zero-order valence-corrected chi connectivity index (χ0v) is 21.2. The molecule has 1 aromatic rings. The summed E-state index contributed by atoms with van der Waals surface area (Å²) in [5.41, 5.74) is -2.14. The Morgan fingerprint density at radius 3 is 1.82 bits per heavy atom. The van der Waals surface area contributed by atoms with Gasteiger partial charge in [0.05, 0.1) is 16.2 Å². The van der Waals surface area contributed by atoms with Gasteiger partial charge in [-0.25, -0.2) is 0 Å². The molecule has 192 valence electrons. The molecule has 0 saturated carbocycles. The number of benzene rings is 1. The first kappa shape index (κ1) is 28.4. The van der Waals surface area contributed by atoms with Crippen LogP contribution in [0.2, 0.25) is 5.02 Å². The van der Waals surface area contributed by atoms with Gasteiger partial charge in [-0.2, -0.15) is 13.2 Å². The van der Waals surface area contributed by atoms with Gasteiger partial charge < -0.3 is 14.9 Å². The zero-order chi connectivity index (χ0) is 25.7. The van der Waals surface area contributed by atoms with Gasteiger partial charge in [0, 0.05) is 38.0 Å². The maximum absolute atomic E-state index is 13.0. The summed E-state index contributed by atoms with van der Waals surface area (Å²) in [5.74, 6) is 0.338. The van der Waals surface area contributed by atoms with E-state index in [4.69, 9.17) is 11.6 Å². The van der Waals surface area contributed by atoms with E-state index in [0.29, 0.717) is 19.0 Å². The summed E-state index contributed by atoms with van der Waals surface area (Å²) < 4.78 is 38.9. The molecule has 0 aliphatic carbocycles. The lowest BCUT2D eigenvalue weighted by molar-refractivity contribution is -0.139. The van der Waals surface area contributed by atoms with E-state index in [9.17, 15) is 27.9 Å². The van der Waals surface area contributed by atoms with Crippen molar-refractivity contribution in [3.63, 3.8) is 0 Å². The minimum atomic E-state index is -4.57. The lowest BCUT2D eigenvalue weighted by Gasteiger charge is -2.39. The summed E-state index contributed by atoms with van der Waals surface area (Å²) in [6.07, 6.45) is -0.495. The SMILES string of the molecule is CC(C)C(=O)N1CCC(O)(c2ccc(Cl)c(C(F)(F)F)c2)CC1.CC(C)C(=O)N1CCCCC1. The number of aliphatic hydroxyl groups is 1. The van der Waals surface area contributed by atoms with Crippen molar-refractivity contribution in [2.75, 3.05) is 26.2 Å². The molecule has 1 N–H and O–H groups in total. The number of carbonyl (C=O) groups is 2. The van der Waals surface area contributed by atoms with Crippen LogP contribution < -0.4 is 0 Å². The van der Waals surface area contributed by atoms with E-state index in [1.807, 2.05) is 18.7 Å². The second kappa shape index (κ2) is 11.8. The number of amides is 2. The maximum atomic E-state index is 13.0. The van der Waals surface area contributed by atoms with Crippen LogP contribution in [-0.2, 0) is 21.4 Å². The van der Waals surface area contributed by atoms with Crippen molar-refractivity contribution in [3.8, 4) is 0 Å². The van der Waals surface area contributed by atoms with Gasteiger partial charge in [0.15, 0.2) is 0 Å². The predicted octanol–water partition coefficient (Wildman–Crippen LogP) is 5.48. The van der Waals surface area contributed by atoms with Gasteiger partial charge in [0.2, 0.25) is 11.8 Å². The quantitative estimate of drug-likeness (QED) is 0.593. The van der Waals surface area contributed by atoms with Crippen LogP contribution in [0.3, 0.4) is 0 Å². The summed E-state index contributed by atoms with van der Waals surface area (Å²) in [6, 6.07) is 3.48. The molecule has 0 unspecified atom stereocenters. The van der Waals surface area contributed by atoms with Crippen LogP contribution in [0.15, 0.2) is 18.2 Å². The average molecular weight is 505 g/mol. The third kappa shape index (κ3) is 7.35. The highest BCUT2D eigenvalue weighted by Gasteiger charge is 2.39. The van der Waals surface area contributed by atoms with Gasteiger partial charge in [-0.1, -0.05) is 45.4 Å². The second-order valence-electron chi connectivity index (χ2n) is 9.74. The highest BCUT2D eigenvalue weighted by atomic mass is 35.5. The Balaban J connectivity index is 0.000000310. The Morgan fingerprint density at radius 2 is 1.38 bits per heavy atom. The van der Waals surface area contributed by atoms with Gasteiger partial charge in [0.25, 0.3) is 0 Å². The minimum absolute atomic E-state index is 0.0147. The summed E-state index contributed by atoms with van der Waals surface area (Å²) >= 11 is 5.61. The monoisotopic (exact) mass is 504 g/mol. The predicted molar refractivity (Wildman–Crippen MR) is 126 cm³/mol. The summed E-state index contributed by atoms with van der Waals surface area (Å²) in [7, 11) is 0. The van der Waals surface area contributed by atoms with Gasteiger partial charge in [-0.05, 0) is 49.8 Å². The van der Waals surface area contributed by atoms with E-state index in [0.717, 1.165) is 25.2 Å². The fourth-order valence-corrected chi connectivity index (χ4v) is 4.49. The summed E-state index contributed by atoms with van der Waals surface area (Å²) in [6.45, 7) is 10.1. The molecule has 3 rings (SSSR count). The van der Waals surface area contributed by atoms with E-state index >= 15 is 0 Å². The summed E-state index contributed by atoms with van der Waals surface area (Å²) in [5, 5.41) is 10.3. The van der Waals surface area contributed by atoms with E-state index in [2.05, 4.69) is 0 Å². The molecule has 2 aliphatic heterocycles. The van der Waals surface area contributed by atoms with Gasteiger partial charge >= 0.3 is 6.18 Å². The molecule has 2 fully saturated rings. The van der Waals surface area contributed by atoms with Crippen molar-refractivity contribution in [2.45, 2.75) is 71.6 Å². The molecule has 0 radical (unpaired) electrons. The number of hydrogen-bond donors (Lipinski definition) is 1. The topological polar surface area (TPSA) is 60.9 Å². The molecule has 0 aromatic heterocycles. The molecule has 34 heavy (non-hydrogen) atoms. The highest BCUT2D eigenvalue weighted by Crippen LogP contribution is 2.40. The van der Waals surface area contributed by atoms with Gasteiger partial charge in [-0.3, -0.25) is 9.59 Å². The van der Waals surface area contributed by atoms with Crippen LogP contribution in [0, 0.1) is 11.8 Å². The number of alkyl halides is 3. The van der Waals surface area contributed by atoms with Crippen LogP contribution in [0.4, 0.5) is 13.2 Å². The van der Waals surface area contributed by atoms with Crippen LogP contribution in [0.1, 0.15) is 70.9 Å². The van der Waals surface area contributed by atoms with Crippen LogP contribution in [-0.4, -0.2) is 52.9 Å². The fraction of sp³-hybridized carbons (Fsp3) is 0.680. The largest absolute Gasteiger partial charge is 0.417 e. The Morgan fingerprint density at radius 1 is 0.912 bits per heavy atom. The third-order valence-electron chi connectivity index (χ3n) is 6.37. The lowest BCUT2D eigenvalue weighted by atomic mass is 9.83. The zero-order valence-electron chi connectivity index (χ0n) is 20.4. The Labute approximate surface area is 205 Å². The minimum Gasteiger partial charge on any atom is -0.385 e. The van der Waals surface area contributed by atoms with E-state index in [1.165, 1.54) is 25.3 Å². The molecular formula is C25H36ClF3N2O3. The van der Waals surface area contributed by atoms with Crippen LogP contribution in [0.25, 0.3) is 0 Å². The first-order chi connectivity index (χ1) is 15.8. The lowest BCUT2D eigenvalue weighted by Crippen LogP contribution is -2.46. The van der Waals surface area contributed by atoms with Crippen molar-refractivity contribution < 1.29 is 27.9 Å². The molecule has 2 amide bonds. The maximum Gasteiger partial charge on any atom is 0.417 e. The Hall–Kier alpha value is -1.80. The van der Waals surface area contributed by atoms with E-state index in [-0.39, 0.29) is 36.1 Å². The van der Waals surface area contributed by atoms with Crippen molar-refractivity contribution in [1.29, 1.82) is 0 Å². The van der Waals surface area contributed by atoms with Crippen molar-refractivity contribution >= 4 is 23.4 Å². The number of likely N-dealkylation sites (tertiary alicyclic amines) is 2. The third-order valence-corrected chi connectivity index (χ3v) is 6.70. The van der Waals surface area contributed by atoms with Crippen molar-refractivity contribution in [3.05, 3.63) is 34.3 Å². The van der Waals surface area contributed by atoms with Crippen molar-refractivity contribution in [1.82, 2.24) is 9.80 Å². The standard InChI is InChI=1S/C16H19ClF3NO2.C9H17NO/c1-10(2)14(22)21-7-5-15(23,6-8-21)11-3-4-13(17)12(9-11)16(18,19)20;1-8(2)9(11)10-6-4-3-5-7-10/h3-4,9-10,23H,5-8H2,1-2H3;8H,3-7H2,1-2H3. The van der Waals surface area contributed by atoms with Crippen LogP contribution >= 0.6 is 11.6 Å². The number of halogens is 4. The number of carbonyl (C=O) groups excluding carboxylic acids is 2. The summed E-state index contributed by atoms with van der Waals surface area (Å²) in [4.78, 5) is 27.0. The molecule has 2 heterocycles. The van der Waals surface area contributed by atoms with Crippen molar-refractivity contribution in [2.24, 2.45) is 11.8 Å². The first-order valence-corrected chi connectivity index (χ1v) is 12.3. The average Bonchev–Trinajstić information content (AvgIpc) is 2.79. The normalized spacial score (nSPS) is 18.6. The van der Waals surface area contributed by atoms with Crippen LogP contribution in [0.5, 0.6) is 0 Å². The highest BCUT2D eigenvalue weighted by molar-refractivity contribution is 6.31. The molecule has 9 heteroatoms. The number of piperidine rings is 2. The first-order valence-electron chi connectivity index (χ1n) is 11.9. The molecule has 0 atom stereocenters. The fourth-order valence-electron chi connectivity index (χ4n) is 4.26. The Kier molecular flexibility index (Phi) is 9.83. The molecule has 0 spiro atoms. The Bertz CT molecular complexity index is 844. The molecule has 0 bridgehead atoms. The number of rotatable bonds is 3. The molecule has 2 saturated heterocycles. The molecular weight excluding hydrogens is 469 g/mol. The van der Waals surface area contributed by atoms with E-state index < -0.39 is 22.4 Å². The second-order valence-corrected chi connectivity index (χ2v) is 10.2. The smallest absolute Gasteiger partial charge is 0.385 e. The number of nitrogens with zero attached hydrogens (tertiary/aromatic N) is 2. The van der Waals surface area contributed by atoms with Gasteiger partial charge in [-0.15, -0.1) is 0 Å². The molecule has 1 aromatic carbocycles. The van der Waals surface area contributed by atoms with Gasteiger partial charge in [0.1, 0.15) is 0 Å². The number of hydrogen-bond acceptors (Lipinski definition) is 3. The molecule has 2 aliphatic rings. The van der Waals surface area contributed by atoms with E-state index in [1.54, 1.807) is 18.7 Å². The molecule has 5 nitrogen and oxygen atoms in total.